The van der Waals surface area contributed by atoms with Crippen LogP contribution in [0.2, 0.25) is 0 Å². The molecule has 2 aliphatic heterocycles. The maximum absolute atomic E-state index is 12.3. The van der Waals surface area contributed by atoms with Crippen molar-refractivity contribution < 1.29 is 4.79 Å². The van der Waals surface area contributed by atoms with Crippen molar-refractivity contribution in [3.05, 3.63) is 35.7 Å². The summed E-state index contributed by atoms with van der Waals surface area (Å²) in [5.74, 6) is 1.11. The van der Waals surface area contributed by atoms with Gasteiger partial charge in [0.2, 0.25) is 0 Å². The second-order valence-electron chi connectivity index (χ2n) is 5.02. The molecule has 4 nitrogen and oxygen atoms in total. The largest absolute Gasteiger partial charge is 0.364 e. The Morgan fingerprint density at radius 1 is 1.39 bits per heavy atom. The molecule has 0 unspecified atom stereocenters. The Kier molecular flexibility index (Phi) is 3.36. The molecule has 0 saturated heterocycles. The molecule has 4 heteroatoms. The number of allylic oxidation sites excluding steroid dienone is 3. The number of rotatable bonds is 2. The van der Waals surface area contributed by atoms with Crippen LogP contribution < -0.4 is 0 Å². The number of hydrogen-bond donors (Lipinski definition) is 0. The van der Waals surface area contributed by atoms with E-state index < -0.39 is 0 Å². The van der Waals surface area contributed by atoms with Crippen LogP contribution in [0.5, 0.6) is 0 Å². The Hall–Kier alpha value is -1.84. The highest BCUT2D eigenvalue weighted by Crippen LogP contribution is 2.27. The van der Waals surface area contributed by atoms with Crippen LogP contribution in [0.3, 0.4) is 0 Å². The molecule has 2 rings (SSSR count). The van der Waals surface area contributed by atoms with Gasteiger partial charge in [0.1, 0.15) is 5.84 Å². The number of carbonyl (C=O) groups is 1. The van der Waals surface area contributed by atoms with Gasteiger partial charge in [-0.25, -0.2) is 5.01 Å². The zero-order valence-electron chi connectivity index (χ0n) is 11.3. The van der Waals surface area contributed by atoms with E-state index >= 15 is 0 Å². The average Bonchev–Trinajstić information content (AvgIpc) is 2.36. The van der Waals surface area contributed by atoms with Crippen molar-refractivity contribution in [1.29, 1.82) is 0 Å². The molecule has 0 saturated carbocycles. The van der Waals surface area contributed by atoms with Gasteiger partial charge in [-0.3, -0.25) is 4.79 Å². The third kappa shape index (κ3) is 2.23. The van der Waals surface area contributed by atoms with Gasteiger partial charge in [0.25, 0.3) is 0 Å². The van der Waals surface area contributed by atoms with Crippen molar-refractivity contribution in [2.75, 3.05) is 14.1 Å². The maximum Gasteiger partial charge on any atom is 0.163 e. The summed E-state index contributed by atoms with van der Waals surface area (Å²) in [6.45, 7) is 3.87. The molecule has 0 aliphatic carbocycles. The summed E-state index contributed by atoms with van der Waals surface area (Å²) >= 11 is 0. The van der Waals surface area contributed by atoms with Crippen molar-refractivity contribution in [2.45, 2.75) is 20.3 Å². The van der Waals surface area contributed by atoms with Gasteiger partial charge in [0.15, 0.2) is 5.78 Å². The van der Waals surface area contributed by atoms with Crippen molar-refractivity contribution in [3.63, 3.8) is 0 Å². The fourth-order valence-electron chi connectivity index (χ4n) is 1.98. The molecule has 0 radical (unpaired) electrons. The summed E-state index contributed by atoms with van der Waals surface area (Å²) in [6, 6.07) is 0. The fraction of sp³-hybridized carbons (Fsp3) is 0.429. The summed E-state index contributed by atoms with van der Waals surface area (Å²) < 4.78 is 0. The summed E-state index contributed by atoms with van der Waals surface area (Å²) in [7, 11) is 3.90. The normalized spacial score (nSPS) is 18.1. The first-order valence-electron chi connectivity index (χ1n) is 6.17. The lowest BCUT2D eigenvalue weighted by Crippen LogP contribution is -2.33. The van der Waals surface area contributed by atoms with Crippen molar-refractivity contribution in [3.8, 4) is 0 Å². The molecule has 2 heterocycles. The minimum atomic E-state index is 0.00942. The van der Waals surface area contributed by atoms with Gasteiger partial charge < -0.3 is 4.90 Å². The smallest absolute Gasteiger partial charge is 0.163 e. The summed E-state index contributed by atoms with van der Waals surface area (Å²) in [4.78, 5) is 14.3. The molecule has 0 fully saturated rings. The summed E-state index contributed by atoms with van der Waals surface area (Å²) in [5.41, 5.74) is 1.76. The molecule has 0 aromatic rings. The first-order valence-corrected chi connectivity index (χ1v) is 6.17. The molecule has 0 N–H and O–H groups in total. The number of carbonyl (C=O) groups excluding carboxylic acids is 1. The second kappa shape index (κ2) is 4.80. The lowest BCUT2D eigenvalue weighted by Gasteiger charge is -2.30. The highest BCUT2D eigenvalue weighted by molar-refractivity contribution is 6.03. The molecule has 18 heavy (non-hydrogen) atoms. The van der Waals surface area contributed by atoms with E-state index in [9.17, 15) is 4.79 Å². The number of nitrogens with zero attached hydrogens (tertiary/aromatic N) is 3. The number of fused-ring (bicyclic) bond motifs is 1. The topological polar surface area (TPSA) is 35.9 Å². The molecular formula is C14H19N3O. The standard InChI is InChI=1S/C14H19N3O/c1-10(2)14(18)11-9-13(16(3)4)15-17-8-6-5-7-12(11)17/h5-8,10H,9H2,1-4H3. The predicted octanol–water partition coefficient (Wildman–Crippen LogP) is 2.13. The Morgan fingerprint density at radius 3 is 2.72 bits per heavy atom. The molecule has 0 spiro atoms. The van der Waals surface area contributed by atoms with E-state index in [1.807, 2.05) is 57.3 Å². The zero-order valence-corrected chi connectivity index (χ0v) is 11.3. The van der Waals surface area contributed by atoms with Gasteiger partial charge in [-0.05, 0) is 12.2 Å². The van der Waals surface area contributed by atoms with Crippen LogP contribution in [0.1, 0.15) is 20.3 Å². The van der Waals surface area contributed by atoms with Crippen LogP contribution in [-0.2, 0) is 4.79 Å². The van der Waals surface area contributed by atoms with Crippen LogP contribution in [0.15, 0.2) is 40.8 Å². The highest BCUT2D eigenvalue weighted by atomic mass is 16.1. The Balaban J connectivity index is 2.41. The maximum atomic E-state index is 12.3. The molecule has 0 atom stereocenters. The van der Waals surface area contributed by atoms with Crippen LogP contribution in [0, 0.1) is 5.92 Å². The van der Waals surface area contributed by atoms with Crippen molar-refractivity contribution in [2.24, 2.45) is 11.0 Å². The van der Waals surface area contributed by atoms with E-state index in [1.165, 1.54) is 0 Å². The molecular weight excluding hydrogens is 226 g/mol. The van der Waals surface area contributed by atoms with E-state index in [1.54, 1.807) is 5.01 Å². The molecule has 0 amide bonds. The Morgan fingerprint density at radius 2 is 2.11 bits per heavy atom. The minimum absolute atomic E-state index is 0.00942. The monoisotopic (exact) mass is 245 g/mol. The first kappa shape index (κ1) is 12.6. The van der Waals surface area contributed by atoms with Crippen LogP contribution in [-0.4, -0.2) is 35.6 Å². The summed E-state index contributed by atoms with van der Waals surface area (Å²) in [6.07, 6.45) is 8.30. The molecule has 0 bridgehead atoms. The fourth-order valence-corrected chi connectivity index (χ4v) is 1.98. The van der Waals surface area contributed by atoms with Gasteiger partial charge in [0, 0.05) is 38.2 Å². The second-order valence-corrected chi connectivity index (χ2v) is 5.02. The first-order chi connectivity index (χ1) is 8.50. The van der Waals surface area contributed by atoms with E-state index in [4.69, 9.17) is 0 Å². The third-order valence-electron chi connectivity index (χ3n) is 3.04. The third-order valence-corrected chi connectivity index (χ3v) is 3.04. The molecule has 2 aliphatic rings. The van der Waals surface area contributed by atoms with Gasteiger partial charge in [-0.1, -0.05) is 19.9 Å². The minimum Gasteiger partial charge on any atom is -0.364 e. The Labute approximate surface area is 108 Å². The van der Waals surface area contributed by atoms with E-state index in [0.717, 1.165) is 17.1 Å². The number of hydrogen-bond acceptors (Lipinski definition) is 4. The molecule has 0 aromatic heterocycles. The lowest BCUT2D eigenvalue weighted by molar-refractivity contribution is -0.118. The van der Waals surface area contributed by atoms with Gasteiger partial charge in [-0.2, -0.15) is 5.10 Å². The Bertz CT molecular complexity index is 475. The van der Waals surface area contributed by atoms with E-state index in [-0.39, 0.29) is 11.7 Å². The molecule has 96 valence electrons. The van der Waals surface area contributed by atoms with Gasteiger partial charge in [-0.15, -0.1) is 0 Å². The molecule has 0 aromatic carbocycles. The van der Waals surface area contributed by atoms with Crippen molar-refractivity contribution >= 4 is 11.6 Å². The number of Topliss-reactive ketones (excluding diaryl/α,β-unsaturated/α-hetero) is 1. The summed E-state index contributed by atoms with van der Waals surface area (Å²) in [5, 5.41) is 6.31. The van der Waals surface area contributed by atoms with E-state index in [0.29, 0.717) is 6.42 Å². The predicted molar refractivity (Wildman–Crippen MR) is 72.7 cm³/mol. The van der Waals surface area contributed by atoms with Gasteiger partial charge >= 0.3 is 0 Å². The van der Waals surface area contributed by atoms with E-state index in [2.05, 4.69) is 5.10 Å². The van der Waals surface area contributed by atoms with Gasteiger partial charge in [0.05, 0.1) is 5.70 Å². The quantitative estimate of drug-likeness (QED) is 0.747. The van der Waals surface area contributed by atoms with Crippen LogP contribution in [0.25, 0.3) is 0 Å². The SMILES string of the molecule is CC(C)C(=O)C1=C2C=CC=CN2N=C(N(C)C)C1. The number of ketones is 1. The number of amidine groups is 1. The average molecular weight is 245 g/mol. The van der Waals surface area contributed by atoms with Crippen LogP contribution in [0.4, 0.5) is 0 Å². The van der Waals surface area contributed by atoms with Crippen molar-refractivity contribution in [1.82, 2.24) is 9.91 Å². The zero-order chi connectivity index (χ0) is 13.3. The highest BCUT2D eigenvalue weighted by Gasteiger charge is 2.27. The number of hydrazone groups is 1. The van der Waals surface area contributed by atoms with Crippen LogP contribution >= 0.6 is 0 Å². The lowest BCUT2D eigenvalue weighted by atomic mass is 9.94.